The Morgan fingerprint density at radius 2 is 0.776 bits per heavy atom. The smallest absolute Gasteiger partial charge is 0.338 e. The Morgan fingerprint density at radius 1 is 0.500 bits per heavy atom. The second kappa shape index (κ2) is 24.0. The summed E-state index contributed by atoms with van der Waals surface area (Å²) in [6.45, 7) is 17.4. The molecular weight excluding hydrogens is 986 g/mol. The summed E-state index contributed by atoms with van der Waals surface area (Å²) in [4.78, 5) is 25.3. The minimum atomic E-state index is -0.244. The fraction of sp³-hybridized carbons (Fsp3) is 0.458. The molecule has 0 bridgehead atoms. The minimum absolute atomic E-state index is 0. The van der Waals surface area contributed by atoms with E-state index in [2.05, 4.69) is 62.0 Å². The van der Waals surface area contributed by atoms with Crippen LogP contribution in [0.25, 0.3) is 0 Å². The molecule has 0 saturated heterocycles. The summed E-state index contributed by atoms with van der Waals surface area (Å²) in [6, 6.07) is 30.0. The summed E-state index contributed by atoms with van der Waals surface area (Å²) < 4.78 is 11.8. The van der Waals surface area contributed by atoms with Gasteiger partial charge in [0.05, 0.1) is 33.9 Å². The van der Waals surface area contributed by atoms with Crippen LogP contribution in [0, 0.1) is 80.5 Å². The van der Waals surface area contributed by atoms with Gasteiger partial charge in [-0.15, -0.1) is 0 Å². The average molecular weight is 1050 g/mol. The number of benzene rings is 4. The number of carbonyl (C=O) groups excluding carboxylic acids is 2. The first-order valence-electron chi connectivity index (χ1n) is 20.4. The molecule has 2 aliphatic rings. The summed E-state index contributed by atoms with van der Waals surface area (Å²) >= 11 is 0. The van der Waals surface area contributed by atoms with Crippen molar-refractivity contribution in [1.82, 2.24) is 0 Å². The van der Waals surface area contributed by atoms with E-state index >= 15 is 0 Å². The van der Waals surface area contributed by atoms with Gasteiger partial charge in [0, 0.05) is 49.7 Å². The first-order chi connectivity index (χ1) is 26.8. The maximum Gasteiger partial charge on any atom is 0.338 e. The molecule has 8 nitrogen and oxygen atoms in total. The first kappa shape index (κ1) is 49.0. The first-order valence-corrected chi connectivity index (χ1v) is 20.4. The Hall–Kier alpha value is -3.34. The molecule has 305 valence electrons. The maximum atomic E-state index is 12.6. The molecule has 6 atom stereocenters. The van der Waals surface area contributed by atoms with Crippen molar-refractivity contribution < 1.29 is 68.7 Å². The van der Waals surface area contributed by atoms with Crippen LogP contribution in [0.4, 0.5) is 22.7 Å². The molecule has 2 saturated carbocycles. The van der Waals surface area contributed by atoms with Gasteiger partial charge in [-0.05, 0) is 148 Å². The molecule has 58 heavy (non-hydrogen) atoms. The van der Waals surface area contributed by atoms with Crippen molar-refractivity contribution in [1.29, 1.82) is 0 Å². The summed E-state index contributed by atoms with van der Waals surface area (Å²) in [7, 11) is 0. The topological polar surface area (TPSA) is 102 Å². The number of hydrogen-bond acceptors (Lipinski definition) is 8. The Labute approximate surface area is 382 Å². The molecule has 1 radical (unpaired) electrons. The molecule has 10 heteroatoms. The molecule has 0 N–H and O–H groups in total. The number of esters is 2. The van der Waals surface area contributed by atoms with Crippen molar-refractivity contribution in [2.75, 3.05) is 0 Å². The molecule has 4 aromatic carbocycles. The Balaban J connectivity index is 0.000000300. The van der Waals surface area contributed by atoms with Gasteiger partial charge in [0.15, 0.2) is 0 Å². The fourth-order valence-electron chi connectivity index (χ4n) is 7.69. The predicted molar refractivity (Wildman–Crippen MR) is 225 cm³/mol. The quantitative estimate of drug-likeness (QED) is 0.117. The van der Waals surface area contributed by atoms with Crippen LogP contribution in [-0.2, 0) is 28.0 Å². The zero-order valence-electron chi connectivity index (χ0n) is 35.5. The number of hydrogen-bond donors (Lipinski definition) is 0. The van der Waals surface area contributed by atoms with E-state index in [0.717, 1.165) is 37.1 Å². The number of nitrogens with zero attached hydrogens (tertiary/aromatic N) is 4. The van der Waals surface area contributed by atoms with Crippen molar-refractivity contribution in [2.45, 2.75) is 106 Å². The second-order valence-corrected chi connectivity index (χ2v) is 16.7. The number of carbonyl (C=O) groups is 2. The van der Waals surface area contributed by atoms with E-state index in [1.54, 1.807) is 48.5 Å². The van der Waals surface area contributed by atoms with Gasteiger partial charge in [-0.1, -0.05) is 89.8 Å². The third-order valence-corrected chi connectivity index (χ3v) is 11.3. The predicted octanol–water partition coefficient (Wildman–Crippen LogP) is 14.1. The van der Waals surface area contributed by atoms with Crippen LogP contribution in [0.15, 0.2) is 118 Å². The van der Waals surface area contributed by atoms with Crippen LogP contribution < -0.4 is 0 Å². The van der Waals surface area contributed by atoms with E-state index in [1.807, 2.05) is 62.4 Å². The second-order valence-electron chi connectivity index (χ2n) is 16.7. The van der Waals surface area contributed by atoms with E-state index < -0.39 is 0 Å². The standard InChI is InChI=1S/2C24H30N2O2.U.V/c2*1-16(2)22-14-7-18(4)15-23(22)28-24(27)19-8-12-21(13-9-19)26-25-20-10-5-17(3)6-11-20;;/h2*5-6,8-13,16,18,22-23H,7,14-15H2,1-4H3;;/t2*18-,22-,23?;;/m00../s1. The molecular formula is C48H60N4O4UV. The van der Waals surface area contributed by atoms with Crippen LogP contribution in [0.5, 0.6) is 0 Å². The molecule has 2 unspecified atom stereocenters. The minimum Gasteiger partial charge on any atom is -0.458 e. The van der Waals surface area contributed by atoms with Crippen LogP contribution in [0.2, 0.25) is 0 Å². The third kappa shape index (κ3) is 15.0. The van der Waals surface area contributed by atoms with Gasteiger partial charge in [0.2, 0.25) is 0 Å². The number of ether oxygens (including phenoxy) is 2. The fourth-order valence-corrected chi connectivity index (χ4v) is 7.69. The molecule has 6 rings (SSSR count). The van der Waals surface area contributed by atoms with Gasteiger partial charge >= 0.3 is 11.9 Å². The van der Waals surface area contributed by atoms with Crippen LogP contribution in [-0.4, -0.2) is 24.1 Å². The molecule has 2 fully saturated rings. The molecule has 2 aliphatic carbocycles. The largest absolute Gasteiger partial charge is 0.458 e. The van der Waals surface area contributed by atoms with Gasteiger partial charge in [-0.3, -0.25) is 0 Å². The Morgan fingerprint density at radius 3 is 1.05 bits per heavy atom. The SMILES string of the molecule is Cc1ccc(N=Nc2ccc(C(=O)OC3C[C@@H](C)CC[C@H]3C(C)C)cc2)cc1.Cc1ccc(N=Nc2ccc(C(=O)OC3C[C@@H](C)CC[C@H]3C(C)C)cc2)cc1.[U].[V]. The molecule has 0 spiro atoms. The summed E-state index contributed by atoms with van der Waals surface area (Å²) in [5, 5.41) is 16.9. The maximum absolute atomic E-state index is 12.6. The van der Waals surface area contributed by atoms with Crippen molar-refractivity contribution in [3.8, 4) is 0 Å². The van der Waals surface area contributed by atoms with Gasteiger partial charge in [0.1, 0.15) is 12.2 Å². The molecule has 0 amide bonds. The normalized spacial score (nSPS) is 21.8. The summed E-state index contributed by atoms with van der Waals surface area (Å²) in [5.74, 6) is 2.67. The van der Waals surface area contributed by atoms with Crippen LogP contribution >= 0.6 is 0 Å². The molecule has 0 aromatic heterocycles. The van der Waals surface area contributed by atoms with Gasteiger partial charge < -0.3 is 9.47 Å². The van der Waals surface area contributed by atoms with E-state index in [-0.39, 0.29) is 73.8 Å². The number of rotatable bonds is 10. The zero-order valence-corrected chi connectivity index (χ0v) is 41.0. The Bertz CT molecular complexity index is 1770. The summed E-state index contributed by atoms with van der Waals surface area (Å²) in [6.07, 6.45) is 6.64. The van der Waals surface area contributed by atoms with E-state index in [9.17, 15) is 9.59 Å². The number of aryl methyl sites for hydroxylation is 2. The van der Waals surface area contributed by atoms with Crippen molar-refractivity contribution in [2.24, 2.45) is 56.0 Å². The number of azo groups is 2. The van der Waals surface area contributed by atoms with Crippen LogP contribution in [0.1, 0.15) is 112 Å². The molecule has 0 heterocycles. The van der Waals surface area contributed by atoms with E-state index in [0.29, 0.717) is 58.0 Å². The average Bonchev–Trinajstić information content (AvgIpc) is 3.18. The van der Waals surface area contributed by atoms with Crippen molar-refractivity contribution >= 4 is 34.7 Å². The van der Waals surface area contributed by atoms with Crippen LogP contribution in [0.3, 0.4) is 0 Å². The monoisotopic (exact) mass is 1050 g/mol. The van der Waals surface area contributed by atoms with Crippen molar-refractivity contribution in [3.05, 3.63) is 119 Å². The third-order valence-electron chi connectivity index (χ3n) is 11.3. The summed E-state index contributed by atoms with van der Waals surface area (Å²) in [5.41, 5.74) is 6.54. The van der Waals surface area contributed by atoms with E-state index in [1.165, 1.54) is 24.0 Å². The van der Waals surface area contributed by atoms with Crippen molar-refractivity contribution in [3.63, 3.8) is 0 Å². The zero-order chi connectivity index (χ0) is 40.2. The Kier molecular flexibility index (Phi) is 20.3. The van der Waals surface area contributed by atoms with E-state index in [4.69, 9.17) is 9.47 Å². The van der Waals surface area contributed by atoms with Gasteiger partial charge in [-0.25, -0.2) is 9.59 Å². The van der Waals surface area contributed by atoms with Gasteiger partial charge in [0.25, 0.3) is 0 Å². The molecule has 4 aromatic rings. The van der Waals surface area contributed by atoms with Gasteiger partial charge in [-0.2, -0.15) is 20.5 Å². The molecule has 0 aliphatic heterocycles.